The number of ether oxygens (including phenoxy) is 1. The van der Waals surface area contributed by atoms with Gasteiger partial charge in [0.05, 0.1) is 31.2 Å². The summed E-state index contributed by atoms with van der Waals surface area (Å²) in [5.41, 5.74) is 1.94. The lowest BCUT2D eigenvalue weighted by molar-refractivity contribution is -0.142. The van der Waals surface area contributed by atoms with Gasteiger partial charge in [-0.15, -0.1) is 11.3 Å². The van der Waals surface area contributed by atoms with Crippen molar-refractivity contribution in [2.45, 2.75) is 24.9 Å². The van der Waals surface area contributed by atoms with Crippen molar-refractivity contribution in [2.75, 3.05) is 17.7 Å². The van der Waals surface area contributed by atoms with Crippen molar-refractivity contribution in [3.05, 3.63) is 47.9 Å². The minimum Gasteiger partial charge on any atom is -0.466 e. The molecule has 0 saturated heterocycles. The number of thiazole rings is 1. The molecular formula is C21H20N4O5S2. The van der Waals surface area contributed by atoms with Crippen molar-refractivity contribution in [3.8, 4) is 22.9 Å². The molecule has 0 aliphatic heterocycles. The number of nitrogens with zero attached hydrogens (tertiary/aromatic N) is 2. The Morgan fingerprint density at radius 3 is 2.69 bits per heavy atom. The van der Waals surface area contributed by atoms with Gasteiger partial charge in [-0.1, -0.05) is 11.8 Å². The first-order valence-electron chi connectivity index (χ1n) is 9.82. The lowest BCUT2D eigenvalue weighted by Crippen LogP contribution is -2.12. The lowest BCUT2D eigenvalue weighted by Gasteiger charge is -2.01. The largest absolute Gasteiger partial charge is 0.466 e. The molecule has 0 bridgehead atoms. The summed E-state index contributed by atoms with van der Waals surface area (Å²) < 4.78 is 15.9. The van der Waals surface area contributed by atoms with Gasteiger partial charge < -0.3 is 23.9 Å². The van der Waals surface area contributed by atoms with Crippen LogP contribution in [-0.4, -0.2) is 39.2 Å². The SMILES string of the molecule is CCOC(=O)Cc1csc(NC(=O)CCSc2nc(-c3ccco3)c(-c3ccco3)[nH]2)n1. The summed E-state index contributed by atoms with van der Waals surface area (Å²) >= 11 is 2.69. The number of anilines is 1. The second-order valence-electron chi connectivity index (χ2n) is 6.49. The van der Waals surface area contributed by atoms with E-state index in [2.05, 4.69) is 20.3 Å². The third-order valence-electron chi connectivity index (χ3n) is 4.20. The number of furan rings is 2. The molecule has 4 heterocycles. The van der Waals surface area contributed by atoms with Gasteiger partial charge in [0, 0.05) is 17.6 Å². The molecule has 1 amide bonds. The van der Waals surface area contributed by atoms with Crippen molar-refractivity contribution in [1.29, 1.82) is 0 Å². The van der Waals surface area contributed by atoms with Gasteiger partial charge in [-0.05, 0) is 31.2 Å². The molecule has 0 saturated carbocycles. The second kappa shape index (κ2) is 10.3. The smallest absolute Gasteiger partial charge is 0.311 e. The Balaban J connectivity index is 1.32. The number of hydrogen-bond donors (Lipinski definition) is 2. The standard InChI is InChI=1S/C21H20N4O5S2/c1-2-28-17(27)11-13-12-32-20(22-13)23-16(26)7-10-31-21-24-18(14-5-3-8-29-14)19(25-21)15-6-4-9-30-15/h3-6,8-9,12H,2,7,10-11H2,1H3,(H,24,25)(H,22,23,26). The highest BCUT2D eigenvalue weighted by Gasteiger charge is 2.18. The monoisotopic (exact) mass is 472 g/mol. The first-order chi connectivity index (χ1) is 15.6. The molecule has 0 aliphatic rings. The van der Waals surface area contributed by atoms with E-state index in [9.17, 15) is 9.59 Å². The van der Waals surface area contributed by atoms with Gasteiger partial charge in [0.1, 0.15) is 11.4 Å². The van der Waals surface area contributed by atoms with E-state index >= 15 is 0 Å². The normalized spacial score (nSPS) is 10.9. The van der Waals surface area contributed by atoms with Crippen LogP contribution in [0.3, 0.4) is 0 Å². The molecule has 11 heteroatoms. The van der Waals surface area contributed by atoms with E-state index in [0.29, 0.717) is 51.3 Å². The fourth-order valence-electron chi connectivity index (χ4n) is 2.84. The molecule has 9 nitrogen and oxygen atoms in total. The summed E-state index contributed by atoms with van der Waals surface area (Å²) in [4.78, 5) is 35.9. The Hall–Kier alpha value is -3.31. The summed E-state index contributed by atoms with van der Waals surface area (Å²) in [6.45, 7) is 2.08. The number of aromatic amines is 1. The molecule has 0 spiro atoms. The molecular weight excluding hydrogens is 452 g/mol. The Kier molecular flexibility index (Phi) is 7.07. The zero-order valence-corrected chi connectivity index (χ0v) is 18.8. The first kappa shape index (κ1) is 21.9. The molecule has 0 unspecified atom stereocenters. The minimum atomic E-state index is -0.339. The van der Waals surface area contributed by atoms with Crippen LogP contribution in [0.2, 0.25) is 0 Å². The average Bonchev–Trinajstić information content (AvgIpc) is 3.55. The zero-order chi connectivity index (χ0) is 22.3. The van der Waals surface area contributed by atoms with Crippen molar-refractivity contribution in [2.24, 2.45) is 0 Å². The number of carbonyl (C=O) groups is 2. The Morgan fingerprint density at radius 1 is 1.19 bits per heavy atom. The summed E-state index contributed by atoms with van der Waals surface area (Å²) in [7, 11) is 0. The van der Waals surface area contributed by atoms with Gasteiger partial charge in [-0.3, -0.25) is 9.59 Å². The van der Waals surface area contributed by atoms with Gasteiger partial charge in [0.2, 0.25) is 5.91 Å². The van der Waals surface area contributed by atoms with Crippen LogP contribution < -0.4 is 5.32 Å². The maximum absolute atomic E-state index is 12.3. The molecule has 4 aromatic heterocycles. The number of hydrogen-bond acceptors (Lipinski definition) is 9. The van der Waals surface area contributed by atoms with Crippen LogP contribution in [0.5, 0.6) is 0 Å². The van der Waals surface area contributed by atoms with E-state index < -0.39 is 0 Å². The number of imidazole rings is 1. The second-order valence-corrected chi connectivity index (χ2v) is 8.43. The van der Waals surface area contributed by atoms with Crippen LogP contribution in [0.1, 0.15) is 19.0 Å². The highest BCUT2D eigenvalue weighted by molar-refractivity contribution is 7.99. The number of esters is 1. The molecule has 2 N–H and O–H groups in total. The van der Waals surface area contributed by atoms with Crippen molar-refractivity contribution in [1.82, 2.24) is 15.0 Å². The van der Waals surface area contributed by atoms with E-state index in [1.165, 1.54) is 23.1 Å². The molecule has 166 valence electrons. The third kappa shape index (κ3) is 5.48. The van der Waals surface area contributed by atoms with Gasteiger partial charge in [-0.25, -0.2) is 9.97 Å². The number of carbonyl (C=O) groups excluding carboxylic acids is 2. The molecule has 32 heavy (non-hydrogen) atoms. The van der Waals surface area contributed by atoms with Gasteiger partial charge >= 0.3 is 5.97 Å². The minimum absolute atomic E-state index is 0.0879. The maximum atomic E-state index is 12.3. The lowest BCUT2D eigenvalue weighted by atomic mass is 10.2. The van der Waals surface area contributed by atoms with E-state index in [0.717, 1.165) is 0 Å². The zero-order valence-electron chi connectivity index (χ0n) is 17.1. The van der Waals surface area contributed by atoms with E-state index in [4.69, 9.17) is 13.6 Å². The fourth-order valence-corrected chi connectivity index (χ4v) is 4.38. The number of amides is 1. The summed E-state index contributed by atoms with van der Waals surface area (Å²) in [5, 5.41) is 5.60. The van der Waals surface area contributed by atoms with Gasteiger partial charge in [-0.2, -0.15) is 0 Å². The quantitative estimate of drug-likeness (QED) is 0.253. The summed E-state index contributed by atoms with van der Waals surface area (Å²) in [5.74, 6) is 1.28. The first-order valence-corrected chi connectivity index (χ1v) is 11.7. The van der Waals surface area contributed by atoms with E-state index in [1.54, 1.807) is 37.0 Å². The molecule has 0 atom stereocenters. The van der Waals surface area contributed by atoms with E-state index in [1.807, 2.05) is 12.1 Å². The Bertz CT molecular complexity index is 1110. The predicted molar refractivity (Wildman–Crippen MR) is 120 cm³/mol. The number of H-pyrrole nitrogens is 1. The molecule has 0 radical (unpaired) electrons. The topological polar surface area (TPSA) is 123 Å². The van der Waals surface area contributed by atoms with Gasteiger partial charge in [0.15, 0.2) is 21.8 Å². The molecule has 4 rings (SSSR count). The van der Waals surface area contributed by atoms with Crippen LogP contribution >= 0.6 is 23.1 Å². The van der Waals surface area contributed by atoms with Crippen LogP contribution in [-0.2, 0) is 20.7 Å². The Morgan fingerprint density at radius 2 is 1.97 bits per heavy atom. The predicted octanol–water partition coefficient (Wildman–Crippen LogP) is 4.61. The van der Waals surface area contributed by atoms with Crippen LogP contribution in [0.25, 0.3) is 22.9 Å². The molecule has 0 fully saturated rings. The fraction of sp³-hybridized carbons (Fsp3) is 0.238. The summed E-state index contributed by atoms with van der Waals surface area (Å²) in [6, 6.07) is 7.26. The highest BCUT2D eigenvalue weighted by atomic mass is 32.2. The molecule has 4 aromatic rings. The third-order valence-corrected chi connectivity index (χ3v) is 5.88. The molecule has 0 aromatic carbocycles. The van der Waals surface area contributed by atoms with Gasteiger partial charge in [0.25, 0.3) is 0 Å². The maximum Gasteiger partial charge on any atom is 0.311 e. The number of thioether (sulfide) groups is 1. The van der Waals surface area contributed by atoms with Crippen LogP contribution in [0, 0.1) is 0 Å². The van der Waals surface area contributed by atoms with Crippen molar-refractivity contribution in [3.63, 3.8) is 0 Å². The highest BCUT2D eigenvalue weighted by Crippen LogP contribution is 2.33. The Labute approximate surface area is 191 Å². The number of aromatic nitrogens is 3. The van der Waals surface area contributed by atoms with E-state index in [-0.39, 0.29) is 24.7 Å². The summed E-state index contributed by atoms with van der Waals surface area (Å²) in [6.07, 6.45) is 3.54. The van der Waals surface area contributed by atoms with Crippen LogP contribution in [0.4, 0.5) is 5.13 Å². The van der Waals surface area contributed by atoms with Crippen molar-refractivity contribution < 1.29 is 23.2 Å². The number of nitrogens with one attached hydrogen (secondary N) is 2. The van der Waals surface area contributed by atoms with Crippen molar-refractivity contribution >= 4 is 40.1 Å². The average molecular weight is 473 g/mol. The molecule has 0 aliphatic carbocycles. The van der Waals surface area contributed by atoms with Crippen LogP contribution in [0.15, 0.2) is 56.2 Å². The number of rotatable bonds is 10.